The Morgan fingerprint density at radius 2 is 1.83 bits per heavy atom. The predicted octanol–water partition coefficient (Wildman–Crippen LogP) is 3.99. The number of hydrogen-bond donors (Lipinski definition) is 1. The quantitative estimate of drug-likeness (QED) is 0.927. The Labute approximate surface area is 133 Å². The molecule has 1 heterocycles. The van der Waals surface area contributed by atoms with E-state index in [9.17, 15) is 13.2 Å². The van der Waals surface area contributed by atoms with Gasteiger partial charge in [-0.25, -0.2) is 0 Å². The molecule has 1 atom stereocenters. The second-order valence-corrected chi connectivity index (χ2v) is 5.88. The Kier molecular flexibility index (Phi) is 4.31. The van der Waals surface area contributed by atoms with Crippen LogP contribution in [-0.4, -0.2) is 12.6 Å². The van der Waals surface area contributed by atoms with Crippen molar-refractivity contribution in [3.63, 3.8) is 0 Å². The number of alkyl halides is 3. The maximum atomic E-state index is 13.0. The van der Waals surface area contributed by atoms with E-state index in [0.717, 1.165) is 24.0 Å². The summed E-state index contributed by atoms with van der Waals surface area (Å²) in [7, 11) is 0. The van der Waals surface area contributed by atoms with Crippen molar-refractivity contribution in [3.05, 3.63) is 65.2 Å². The Hall–Kier alpha value is -2.01. The lowest BCUT2D eigenvalue weighted by molar-refractivity contribution is -0.137. The van der Waals surface area contributed by atoms with Crippen molar-refractivity contribution in [1.82, 2.24) is 0 Å². The minimum atomic E-state index is -4.33. The number of anilines is 1. The number of nitrogens with zero attached hydrogens (tertiary/aromatic N) is 1. The first-order valence-corrected chi connectivity index (χ1v) is 7.70. The predicted molar refractivity (Wildman–Crippen MR) is 85.2 cm³/mol. The highest BCUT2D eigenvalue weighted by Crippen LogP contribution is 2.37. The van der Waals surface area contributed by atoms with Crippen LogP contribution in [0.25, 0.3) is 0 Å². The van der Waals surface area contributed by atoms with Gasteiger partial charge in [-0.15, -0.1) is 0 Å². The molecule has 1 aliphatic rings. The van der Waals surface area contributed by atoms with Crippen LogP contribution in [0.3, 0.4) is 0 Å². The van der Waals surface area contributed by atoms with Gasteiger partial charge in [-0.1, -0.05) is 36.4 Å². The molecule has 1 aliphatic heterocycles. The highest BCUT2D eigenvalue weighted by atomic mass is 19.4. The highest BCUT2D eigenvalue weighted by Gasteiger charge is 2.33. The van der Waals surface area contributed by atoms with E-state index in [1.54, 1.807) is 6.07 Å². The van der Waals surface area contributed by atoms with Crippen LogP contribution >= 0.6 is 0 Å². The average molecular weight is 320 g/mol. The van der Waals surface area contributed by atoms with Gasteiger partial charge < -0.3 is 10.6 Å². The number of nitrogens with two attached hydrogens (primary N) is 1. The van der Waals surface area contributed by atoms with E-state index in [1.807, 2.05) is 35.2 Å². The molecule has 0 radical (unpaired) electrons. The van der Waals surface area contributed by atoms with Gasteiger partial charge in [0.15, 0.2) is 0 Å². The van der Waals surface area contributed by atoms with Crippen molar-refractivity contribution >= 4 is 5.69 Å². The second-order valence-electron chi connectivity index (χ2n) is 5.88. The van der Waals surface area contributed by atoms with E-state index in [2.05, 4.69) is 0 Å². The molecule has 0 aromatic heterocycles. The molecule has 1 unspecified atom stereocenters. The summed E-state index contributed by atoms with van der Waals surface area (Å²) >= 11 is 0. The van der Waals surface area contributed by atoms with Gasteiger partial charge in [-0.2, -0.15) is 13.2 Å². The summed E-state index contributed by atoms with van der Waals surface area (Å²) in [5.74, 6) is 0. The van der Waals surface area contributed by atoms with E-state index >= 15 is 0 Å². The van der Waals surface area contributed by atoms with Gasteiger partial charge in [0, 0.05) is 24.8 Å². The smallest absolute Gasteiger partial charge is 0.363 e. The standard InChI is InChI=1S/C18H19F3N2/c19-18(20,21)15-8-6-14-7-9-16(11-22)23(17(14)10-15)12-13-4-2-1-3-5-13/h1-6,8,10,16H,7,9,11-12,22H2. The first kappa shape index (κ1) is 15.9. The van der Waals surface area contributed by atoms with Crippen molar-refractivity contribution in [2.75, 3.05) is 11.4 Å². The minimum Gasteiger partial charge on any atom is -0.363 e. The van der Waals surface area contributed by atoms with Crippen molar-refractivity contribution < 1.29 is 13.2 Å². The summed E-state index contributed by atoms with van der Waals surface area (Å²) in [6, 6.07) is 13.9. The SMILES string of the molecule is NCC1CCc2ccc(C(F)(F)F)cc2N1Cc1ccccc1. The molecular formula is C18H19F3N2. The number of rotatable bonds is 3. The summed E-state index contributed by atoms with van der Waals surface area (Å²) in [4.78, 5) is 2.02. The lowest BCUT2D eigenvalue weighted by atomic mass is 9.93. The summed E-state index contributed by atoms with van der Waals surface area (Å²) in [6.07, 6.45) is -2.70. The lowest BCUT2D eigenvalue weighted by Crippen LogP contribution is -2.43. The third-order valence-corrected chi connectivity index (χ3v) is 4.38. The molecule has 2 aromatic carbocycles. The molecule has 3 rings (SSSR count). The molecule has 0 aliphatic carbocycles. The minimum absolute atomic E-state index is 0.0613. The zero-order valence-electron chi connectivity index (χ0n) is 12.7. The van der Waals surface area contributed by atoms with Crippen LogP contribution in [0.1, 0.15) is 23.1 Å². The number of halogens is 3. The summed E-state index contributed by atoms with van der Waals surface area (Å²) < 4.78 is 39.1. The molecule has 23 heavy (non-hydrogen) atoms. The van der Waals surface area contributed by atoms with E-state index in [1.165, 1.54) is 12.1 Å². The number of benzene rings is 2. The normalized spacial score (nSPS) is 17.9. The Morgan fingerprint density at radius 3 is 2.48 bits per heavy atom. The van der Waals surface area contributed by atoms with Gasteiger partial charge in [0.1, 0.15) is 0 Å². The van der Waals surface area contributed by atoms with Gasteiger partial charge in [0.25, 0.3) is 0 Å². The van der Waals surface area contributed by atoms with Crippen molar-refractivity contribution in [1.29, 1.82) is 0 Å². The molecule has 2 aromatic rings. The summed E-state index contributed by atoms with van der Waals surface area (Å²) in [5.41, 5.74) is 7.94. The first-order valence-electron chi connectivity index (χ1n) is 7.70. The van der Waals surface area contributed by atoms with Gasteiger partial charge in [-0.05, 0) is 36.1 Å². The molecule has 2 nitrogen and oxygen atoms in total. The number of fused-ring (bicyclic) bond motifs is 1. The fourth-order valence-corrected chi connectivity index (χ4v) is 3.13. The van der Waals surface area contributed by atoms with Crippen LogP contribution in [-0.2, 0) is 19.1 Å². The van der Waals surface area contributed by atoms with E-state index in [0.29, 0.717) is 18.8 Å². The number of aryl methyl sites for hydroxylation is 1. The van der Waals surface area contributed by atoms with Crippen LogP contribution in [0.5, 0.6) is 0 Å². The molecule has 0 saturated carbocycles. The summed E-state index contributed by atoms with van der Waals surface area (Å²) in [6.45, 7) is 1.000. The fraction of sp³-hybridized carbons (Fsp3) is 0.333. The van der Waals surface area contributed by atoms with Crippen molar-refractivity contribution in [2.45, 2.75) is 31.6 Å². The van der Waals surface area contributed by atoms with Crippen LogP contribution in [0.15, 0.2) is 48.5 Å². The lowest BCUT2D eigenvalue weighted by Gasteiger charge is -2.39. The molecule has 0 saturated heterocycles. The van der Waals surface area contributed by atoms with E-state index in [4.69, 9.17) is 5.73 Å². The van der Waals surface area contributed by atoms with Crippen LogP contribution < -0.4 is 10.6 Å². The first-order chi connectivity index (χ1) is 11.0. The average Bonchev–Trinajstić information content (AvgIpc) is 2.55. The van der Waals surface area contributed by atoms with Crippen LogP contribution in [0.2, 0.25) is 0 Å². The third-order valence-electron chi connectivity index (χ3n) is 4.38. The molecule has 0 bridgehead atoms. The topological polar surface area (TPSA) is 29.3 Å². The van der Waals surface area contributed by atoms with Crippen LogP contribution in [0, 0.1) is 0 Å². The molecule has 0 fully saturated rings. The van der Waals surface area contributed by atoms with Gasteiger partial charge >= 0.3 is 6.18 Å². The molecule has 0 spiro atoms. The Bertz CT molecular complexity index is 668. The van der Waals surface area contributed by atoms with E-state index in [-0.39, 0.29) is 6.04 Å². The summed E-state index contributed by atoms with van der Waals surface area (Å²) in [5, 5.41) is 0. The third kappa shape index (κ3) is 3.34. The molecule has 122 valence electrons. The largest absolute Gasteiger partial charge is 0.416 e. The molecule has 5 heteroatoms. The van der Waals surface area contributed by atoms with Gasteiger partial charge in [-0.3, -0.25) is 0 Å². The number of hydrogen-bond acceptors (Lipinski definition) is 2. The van der Waals surface area contributed by atoms with Crippen molar-refractivity contribution in [2.24, 2.45) is 5.73 Å². The maximum absolute atomic E-state index is 13.0. The monoisotopic (exact) mass is 320 g/mol. The molecule has 2 N–H and O–H groups in total. The second kappa shape index (κ2) is 6.24. The van der Waals surface area contributed by atoms with E-state index < -0.39 is 11.7 Å². The zero-order chi connectivity index (χ0) is 16.4. The zero-order valence-corrected chi connectivity index (χ0v) is 12.7. The van der Waals surface area contributed by atoms with Crippen LogP contribution in [0.4, 0.5) is 18.9 Å². The molecule has 0 amide bonds. The Morgan fingerprint density at radius 1 is 1.09 bits per heavy atom. The van der Waals surface area contributed by atoms with Gasteiger partial charge in [0.05, 0.1) is 5.56 Å². The molecular weight excluding hydrogens is 301 g/mol. The van der Waals surface area contributed by atoms with Gasteiger partial charge in [0.2, 0.25) is 0 Å². The van der Waals surface area contributed by atoms with Crippen molar-refractivity contribution in [3.8, 4) is 0 Å². The highest BCUT2D eigenvalue weighted by molar-refractivity contribution is 5.59. The Balaban J connectivity index is 2.00. The maximum Gasteiger partial charge on any atom is 0.416 e. The fourth-order valence-electron chi connectivity index (χ4n) is 3.13.